The summed E-state index contributed by atoms with van der Waals surface area (Å²) in [7, 11) is 0. The normalized spacial score (nSPS) is 26.8. The zero-order valence-corrected chi connectivity index (χ0v) is 8.00. The van der Waals surface area contributed by atoms with E-state index in [2.05, 4.69) is 12.2 Å². The van der Waals surface area contributed by atoms with Gasteiger partial charge in [-0.3, -0.25) is 4.79 Å². The molecule has 1 N–H and O–H groups in total. The highest BCUT2D eigenvalue weighted by Gasteiger charge is 2.36. The van der Waals surface area contributed by atoms with E-state index in [-0.39, 0.29) is 11.8 Å². The smallest absolute Gasteiger partial charge is 0.408 e. The summed E-state index contributed by atoms with van der Waals surface area (Å²) in [5, 5.41) is 2.64. The van der Waals surface area contributed by atoms with Gasteiger partial charge in [0.1, 0.15) is 0 Å². The van der Waals surface area contributed by atoms with Crippen LogP contribution < -0.4 is 5.32 Å². The zero-order valence-electron chi connectivity index (χ0n) is 8.00. The third-order valence-corrected chi connectivity index (χ3v) is 2.17. The van der Waals surface area contributed by atoms with Crippen LogP contribution in [-0.2, 0) is 9.53 Å². The number of hydrogen-bond acceptors (Lipinski definition) is 3. The number of unbranched alkanes of at least 4 members (excludes halogenated alkanes) is 1. The fourth-order valence-corrected chi connectivity index (χ4v) is 1.47. The van der Waals surface area contributed by atoms with Gasteiger partial charge in [-0.1, -0.05) is 19.8 Å². The van der Waals surface area contributed by atoms with Gasteiger partial charge in [-0.2, -0.15) is 0 Å². The number of rotatable bonds is 4. The van der Waals surface area contributed by atoms with Crippen LogP contribution in [0.4, 0.5) is 4.79 Å². The van der Waals surface area contributed by atoms with Crippen molar-refractivity contribution >= 4 is 11.9 Å². The summed E-state index contributed by atoms with van der Waals surface area (Å²) in [5.74, 6) is -0.0838. The maximum absolute atomic E-state index is 11.0. The average molecular weight is 185 g/mol. The van der Waals surface area contributed by atoms with Gasteiger partial charge in [0.15, 0.2) is 11.9 Å². The first kappa shape index (κ1) is 10.0. The van der Waals surface area contributed by atoms with Gasteiger partial charge in [0.2, 0.25) is 0 Å². The van der Waals surface area contributed by atoms with Crippen molar-refractivity contribution in [3.05, 3.63) is 0 Å². The second-order valence-electron chi connectivity index (χ2n) is 3.33. The molecule has 0 radical (unpaired) electrons. The molecule has 0 saturated carbocycles. The molecule has 0 bridgehead atoms. The number of cyclic esters (lactones) is 1. The lowest BCUT2D eigenvalue weighted by Crippen LogP contribution is -2.35. The lowest BCUT2D eigenvalue weighted by Gasteiger charge is -2.12. The van der Waals surface area contributed by atoms with Crippen LogP contribution in [0.25, 0.3) is 0 Å². The predicted octanol–water partition coefficient (Wildman–Crippen LogP) is 1.24. The van der Waals surface area contributed by atoms with E-state index < -0.39 is 12.2 Å². The summed E-state index contributed by atoms with van der Waals surface area (Å²) in [6.45, 7) is 3.52. The molecule has 13 heavy (non-hydrogen) atoms. The molecule has 0 aromatic heterocycles. The first-order valence-electron chi connectivity index (χ1n) is 4.62. The van der Waals surface area contributed by atoms with Crippen LogP contribution in [0.15, 0.2) is 0 Å². The van der Waals surface area contributed by atoms with Crippen molar-refractivity contribution in [3.63, 3.8) is 0 Å². The topological polar surface area (TPSA) is 55.4 Å². The van der Waals surface area contributed by atoms with Crippen LogP contribution in [0.1, 0.15) is 33.1 Å². The monoisotopic (exact) mass is 185 g/mol. The Labute approximate surface area is 77.6 Å². The third kappa shape index (κ3) is 2.44. The molecule has 1 aliphatic heterocycles. The van der Waals surface area contributed by atoms with Gasteiger partial charge in [-0.25, -0.2) is 4.79 Å². The van der Waals surface area contributed by atoms with Gasteiger partial charge in [0, 0.05) is 0 Å². The highest BCUT2D eigenvalue weighted by Crippen LogP contribution is 2.15. The molecular formula is C9H15NO3. The van der Waals surface area contributed by atoms with E-state index in [4.69, 9.17) is 4.74 Å². The van der Waals surface area contributed by atoms with Crippen molar-refractivity contribution in [1.29, 1.82) is 0 Å². The van der Waals surface area contributed by atoms with Crippen molar-refractivity contribution in [3.8, 4) is 0 Å². The van der Waals surface area contributed by atoms with Crippen molar-refractivity contribution in [1.82, 2.24) is 5.32 Å². The van der Waals surface area contributed by atoms with E-state index in [1.807, 2.05) is 0 Å². The maximum Gasteiger partial charge on any atom is 0.408 e. The Kier molecular flexibility index (Phi) is 3.28. The Morgan fingerprint density at radius 3 is 2.85 bits per heavy atom. The molecular weight excluding hydrogens is 170 g/mol. The third-order valence-electron chi connectivity index (χ3n) is 2.17. The molecule has 4 heteroatoms. The van der Waals surface area contributed by atoms with Crippen LogP contribution in [0, 0.1) is 0 Å². The highest BCUT2D eigenvalue weighted by molar-refractivity contribution is 5.86. The minimum absolute atomic E-state index is 0.0838. The van der Waals surface area contributed by atoms with E-state index in [0.717, 1.165) is 19.3 Å². The minimum atomic E-state index is -0.570. The number of nitrogens with one attached hydrogen (secondary N) is 1. The summed E-state index contributed by atoms with van der Waals surface area (Å²) < 4.78 is 4.83. The Bertz CT molecular complexity index is 215. The molecule has 2 atom stereocenters. The first-order chi connectivity index (χ1) is 6.15. The quantitative estimate of drug-likeness (QED) is 0.717. The molecule has 4 nitrogen and oxygen atoms in total. The molecule has 74 valence electrons. The summed E-state index contributed by atoms with van der Waals surface area (Å²) in [5.41, 5.74) is 0. The molecule has 1 fully saturated rings. The van der Waals surface area contributed by atoms with Crippen LogP contribution in [0.3, 0.4) is 0 Å². The summed E-state index contributed by atoms with van der Waals surface area (Å²) in [4.78, 5) is 21.9. The fourth-order valence-electron chi connectivity index (χ4n) is 1.47. The Morgan fingerprint density at radius 1 is 1.62 bits per heavy atom. The van der Waals surface area contributed by atoms with Crippen molar-refractivity contribution in [2.45, 2.75) is 45.3 Å². The summed E-state index contributed by atoms with van der Waals surface area (Å²) >= 11 is 0. The Morgan fingerprint density at radius 2 is 2.31 bits per heavy atom. The molecule has 1 amide bonds. The lowest BCUT2D eigenvalue weighted by atomic mass is 10.0. The number of hydrogen-bond donors (Lipinski definition) is 1. The molecule has 1 rings (SSSR count). The number of carbonyl (C=O) groups excluding carboxylic acids is 2. The zero-order chi connectivity index (χ0) is 9.84. The average Bonchev–Trinajstić information content (AvgIpc) is 2.43. The number of Topliss-reactive ketones (excluding diaryl/α,β-unsaturated/α-hetero) is 1. The molecule has 0 aromatic carbocycles. The van der Waals surface area contributed by atoms with E-state index in [1.54, 1.807) is 0 Å². The van der Waals surface area contributed by atoms with Crippen molar-refractivity contribution < 1.29 is 14.3 Å². The van der Waals surface area contributed by atoms with E-state index in [9.17, 15) is 9.59 Å². The molecule has 0 spiro atoms. The van der Waals surface area contributed by atoms with E-state index in [0.29, 0.717) is 0 Å². The van der Waals surface area contributed by atoms with Crippen LogP contribution in [0.5, 0.6) is 0 Å². The molecule has 1 heterocycles. The standard InChI is InChI=1S/C9H15NO3/c1-3-4-5-7-8(6(2)11)13-9(12)10-7/h7-8H,3-5H2,1-2H3,(H,10,12)/t7-,8?/m1/s1. The summed E-state index contributed by atoms with van der Waals surface area (Å²) in [6.07, 6.45) is 1.82. The summed E-state index contributed by atoms with van der Waals surface area (Å²) in [6, 6.07) is -0.120. The molecule has 1 aliphatic rings. The largest absolute Gasteiger partial charge is 0.436 e. The number of alkyl carbamates (subject to hydrolysis) is 1. The lowest BCUT2D eigenvalue weighted by molar-refractivity contribution is -0.124. The van der Waals surface area contributed by atoms with Gasteiger partial charge in [-0.05, 0) is 13.3 Å². The van der Waals surface area contributed by atoms with Crippen molar-refractivity contribution in [2.24, 2.45) is 0 Å². The van der Waals surface area contributed by atoms with Crippen LogP contribution in [0.2, 0.25) is 0 Å². The number of amides is 1. The van der Waals surface area contributed by atoms with E-state index in [1.165, 1.54) is 6.92 Å². The van der Waals surface area contributed by atoms with Gasteiger partial charge >= 0.3 is 6.09 Å². The Balaban J connectivity index is 2.50. The molecule has 1 saturated heterocycles. The van der Waals surface area contributed by atoms with Gasteiger partial charge in [0.25, 0.3) is 0 Å². The van der Waals surface area contributed by atoms with E-state index >= 15 is 0 Å². The second kappa shape index (κ2) is 4.25. The predicted molar refractivity (Wildman–Crippen MR) is 47.4 cm³/mol. The number of ketones is 1. The first-order valence-corrected chi connectivity index (χ1v) is 4.62. The SMILES string of the molecule is CCCC[C@H]1NC(=O)OC1C(C)=O. The van der Waals surface area contributed by atoms with Gasteiger partial charge in [0.05, 0.1) is 6.04 Å². The van der Waals surface area contributed by atoms with Gasteiger partial charge in [-0.15, -0.1) is 0 Å². The van der Waals surface area contributed by atoms with Crippen LogP contribution >= 0.6 is 0 Å². The highest BCUT2D eigenvalue weighted by atomic mass is 16.6. The van der Waals surface area contributed by atoms with Gasteiger partial charge < -0.3 is 10.1 Å². The minimum Gasteiger partial charge on any atom is -0.436 e. The number of carbonyl (C=O) groups is 2. The molecule has 0 aromatic rings. The number of ether oxygens (including phenoxy) is 1. The molecule has 0 aliphatic carbocycles. The maximum atomic E-state index is 11.0. The van der Waals surface area contributed by atoms with Crippen molar-refractivity contribution in [2.75, 3.05) is 0 Å². The second-order valence-corrected chi connectivity index (χ2v) is 3.33. The fraction of sp³-hybridized carbons (Fsp3) is 0.778. The van der Waals surface area contributed by atoms with Crippen LogP contribution in [-0.4, -0.2) is 24.0 Å². The Hall–Kier alpha value is -1.06. The molecule has 1 unspecified atom stereocenters.